The van der Waals surface area contributed by atoms with Crippen LogP contribution < -0.4 is 10.6 Å². The Labute approximate surface area is 117 Å². The fourth-order valence-corrected chi connectivity index (χ4v) is 2.38. The maximum atomic E-state index is 5.13. The molecule has 0 aliphatic heterocycles. The normalized spacial score (nSPS) is 9.94. The molecule has 0 saturated heterocycles. The van der Waals surface area contributed by atoms with Gasteiger partial charge in [0.1, 0.15) is 0 Å². The summed E-state index contributed by atoms with van der Waals surface area (Å²) in [5.41, 5.74) is 0.929. The first-order valence-corrected chi connectivity index (χ1v) is 6.61. The molecule has 1 aromatic carbocycles. The monoisotopic (exact) mass is 366 g/mol. The van der Waals surface area contributed by atoms with Crippen LogP contribution in [0.15, 0.2) is 27.1 Å². The fourth-order valence-electron chi connectivity index (χ4n) is 1.02. The minimum Gasteiger partial charge on any atom is -0.383 e. The molecule has 0 unspecified atom stereocenters. The van der Waals surface area contributed by atoms with E-state index >= 15 is 0 Å². The largest absolute Gasteiger partial charge is 0.383 e. The molecule has 1 rings (SSSR count). The summed E-state index contributed by atoms with van der Waals surface area (Å²) in [7, 11) is 1.66. The third-order valence-electron chi connectivity index (χ3n) is 1.77. The van der Waals surface area contributed by atoms with Gasteiger partial charge in [0.2, 0.25) is 0 Å². The van der Waals surface area contributed by atoms with Gasteiger partial charge in [0.15, 0.2) is 5.11 Å². The summed E-state index contributed by atoms with van der Waals surface area (Å²) in [4.78, 5) is 0. The van der Waals surface area contributed by atoms with Crippen molar-refractivity contribution in [1.29, 1.82) is 0 Å². The third-order valence-corrected chi connectivity index (χ3v) is 3.17. The summed E-state index contributed by atoms with van der Waals surface area (Å²) in [5, 5.41) is 6.71. The lowest BCUT2D eigenvalue weighted by Crippen LogP contribution is -2.31. The van der Waals surface area contributed by atoms with Gasteiger partial charge in [-0.3, -0.25) is 0 Å². The topological polar surface area (TPSA) is 33.3 Å². The lowest BCUT2D eigenvalue weighted by atomic mass is 10.3. The number of hydrogen-bond donors (Lipinski definition) is 2. The summed E-state index contributed by atoms with van der Waals surface area (Å²) < 4.78 is 6.89. The number of thiocarbonyl (C=S) groups is 1. The molecule has 0 amide bonds. The Balaban J connectivity index is 2.49. The van der Waals surface area contributed by atoms with E-state index in [2.05, 4.69) is 42.5 Å². The minimum absolute atomic E-state index is 0.583. The zero-order valence-corrected chi connectivity index (χ0v) is 12.7. The van der Waals surface area contributed by atoms with Crippen LogP contribution in [0.5, 0.6) is 0 Å². The number of ether oxygens (including phenoxy) is 1. The molecular weight excluding hydrogens is 356 g/mol. The third kappa shape index (κ3) is 4.78. The van der Waals surface area contributed by atoms with Gasteiger partial charge < -0.3 is 15.4 Å². The molecule has 0 saturated carbocycles. The summed E-state index contributed by atoms with van der Waals surface area (Å²) >= 11 is 12.0. The van der Waals surface area contributed by atoms with Crippen molar-refractivity contribution < 1.29 is 4.74 Å². The van der Waals surface area contributed by atoms with Crippen LogP contribution in [0.4, 0.5) is 5.69 Å². The standard InChI is InChI=1S/C10H12Br2N2OS/c1-15-5-4-13-10(16)14-9-3-2-7(11)6-8(9)12/h2-3,6H,4-5H2,1H3,(H2,13,14,16). The van der Waals surface area contributed by atoms with Gasteiger partial charge in [0.05, 0.1) is 12.3 Å². The van der Waals surface area contributed by atoms with E-state index in [-0.39, 0.29) is 0 Å². The molecule has 0 aliphatic carbocycles. The van der Waals surface area contributed by atoms with Crippen molar-refractivity contribution in [3.63, 3.8) is 0 Å². The molecule has 0 aliphatic rings. The molecule has 0 spiro atoms. The predicted octanol–water partition coefficient (Wildman–Crippen LogP) is 3.14. The summed E-state index contributed by atoms with van der Waals surface area (Å²) in [6.45, 7) is 1.32. The second-order valence-corrected chi connectivity index (χ2v) is 5.18. The Hall–Kier alpha value is -0.170. The van der Waals surface area contributed by atoms with Crippen LogP contribution in [-0.4, -0.2) is 25.4 Å². The number of anilines is 1. The Morgan fingerprint density at radius 3 is 2.81 bits per heavy atom. The number of methoxy groups -OCH3 is 1. The van der Waals surface area contributed by atoms with Crippen LogP contribution >= 0.6 is 44.1 Å². The van der Waals surface area contributed by atoms with Crippen molar-refractivity contribution in [2.24, 2.45) is 0 Å². The van der Waals surface area contributed by atoms with Crippen molar-refractivity contribution in [2.45, 2.75) is 0 Å². The van der Waals surface area contributed by atoms with Gasteiger partial charge in [-0.25, -0.2) is 0 Å². The van der Waals surface area contributed by atoms with Crippen molar-refractivity contribution in [3.05, 3.63) is 27.1 Å². The van der Waals surface area contributed by atoms with E-state index in [9.17, 15) is 0 Å². The molecule has 0 atom stereocenters. The summed E-state index contributed by atoms with van der Waals surface area (Å²) in [6, 6.07) is 5.85. The smallest absolute Gasteiger partial charge is 0.170 e. The number of benzene rings is 1. The molecular formula is C10H12Br2N2OS. The van der Waals surface area contributed by atoms with Gasteiger partial charge in [0.25, 0.3) is 0 Å². The maximum absolute atomic E-state index is 5.13. The van der Waals surface area contributed by atoms with Gasteiger partial charge in [0, 0.05) is 22.6 Å². The fraction of sp³-hybridized carbons (Fsp3) is 0.300. The Morgan fingerprint density at radius 2 is 2.19 bits per heavy atom. The molecule has 0 aromatic heterocycles. The van der Waals surface area contributed by atoms with E-state index in [0.717, 1.165) is 14.6 Å². The second kappa shape index (κ2) is 7.21. The van der Waals surface area contributed by atoms with E-state index in [1.807, 2.05) is 18.2 Å². The highest BCUT2D eigenvalue weighted by Crippen LogP contribution is 2.25. The highest BCUT2D eigenvalue weighted by atomic mass is 79.9. The Kier molecular flexibility index (Phi) is 6.26. The zero-order chi connectivity index (χ0) is 12.0. The number of nitrogens with one attached hydrogen (secondary N) is 2. The molecule has 88 valence electrons. The summed E-state index contributed by atoms with van der Waals surface area (Å²) in [5.74, 6) is 0. The molecule has 3 nitrogen and oxygen atoms in total. The molecule has 1 aromatic rings. The lowest BCUT2D eigenvalue weighted by Gasteiger charge is -2.11. The first kappa shape index (κ1) is 13.9. The van der Waals surface area contributed by atoms with E-state index in [1.54, 1.807) is 7.11 Å². The molecule has 0 bridgehead atoms. The predicted molar refractivity (Wildman–Crippen MR) is 77.9 cm³/mol. The van der Waals surface area contributed by atoms with Crippen molar-refractivity contribution >= 4 is 54.9 Å². The number of rotatable bonds is 4. The molecule has 0 fully saturated rings. The van der Waals surface area contributed by atoms with Gasteiger partial charge in [-0.15, -0.1) is 0 Å². The van der Waals surface area contributed by atoms with Crippen LogP contribution in [0.3, 0.4) is 0 Å². The van der Waals surface area contributed by atoms with Crippen molar-refractivity contribution in [3.8, 4) is 0 Å². The highest BCUT2D eigenvalue weighted by molar-refractivity contribution is 9.11. The first-order valence-electron chi connectivity index (χ1n) is 4.62. The molecule has 16 heavy (non-hydrogen) atoms. The van der Waals surface area contributed by atoms with Crippen LogP contribution in [0.2, 0.25) is 0 Å². The molecule has 0 heterocycles. The van der Waals surface area contributed by atoms with Crippen LogP contribution in [0, 0.1) is 0 Å². The van der Waals surface area contributed by atoms with E-state index in [4.69, 9.17) is 17.0 Å². The number of halogens is 2. The minimum atomic E-state index is 0.583. The zero-order valence-electron chi connectivity index (χ0n) is 8.72. The maximum Gasteiger partial charge on any atom is 0.170 e. The average molecular weight is 368 g/mol. The van der Waals surface area contributed by atoms with Crippen LogP contribution in [0.1, 0.15) is 0 Å². The van der Waals surface area contributed by atoms with Crippen LogP contribution in [-0.2, 0) is 4.74 Å². The van der Waals surface area contributed by atoms with Gasteiger partial charge in [-0.05, 0) is 46.3 Å². The molecule has 6 heteroatoms. The average Bonchev–Trinajstić information content (AvgIpc) is 2.23. The Morgan fingerprint density at radius 1 is 1.44 bits per heavy atom. The molecule has 0 radical (unpaired) electrons. The van der Waals surface area contributed by atoms with Gasteiger partial charge in [-0.1, -0.05) is 15.9 Å². The second-order valence-electron chi connectivity index (χ2n) is 3.00. The highest BCUT2D eigenvalue weighted by Gasteiger charge is 2.02. The lowest BCUT2D eigenvalue weighted by molar-refractivity contribution is 0.204. The quantitative estimate of drug-likeness (QED) is 0.632. The van der Waals surface area contributed by atoms with E-state index in [1.165, 1.54) is 0 Å². The first-order chi connectivity index (χ1) is 7.63. The van der Waals surface area contributed by atoms with Crippen molar-refractivity contribution in [1.82, 2.24) is 5.32 Å². The Bertz CT molecular complexity index is 374. The summed E-state index contributed by atoms with van der Waals surface area (Å²) in [6.07, 6.45) is 0. The number of hydrogen-bond acceptors (Lipinski definition) is 2. The van der Waals surface area contributed by atoms with Gasteiger partial charge >= 0.3 is 0 Å². The van der Waals surface area contributed by atoms with Crippen LogP contribution in [0.25, 0.3) is 0 Å². The molecule has 2 N–H and O–H groups in total. The van der Waals surface area contributed by atoms with Gasteiger partial charge in [-0.2, -0.15) is 0 Å². The van der Waals surface area contributed by atoms with E-state index in [0.29, 0.717) is 18.3 Å². The van der Waals surface area contributed by atoms with Crippen molar-refractivity contribution in [2.75, 3.05) is 25.6 Å². The van der Waals surface area contributed by atoms with E-state index < -0.39 is 0 Å². The SMILES string of the molecule is COCCNC(=S)Nc1ccc(Br)cc1Br.